The van der Waals surface area contributed by atoms with Crippen molar-refractivity contribution in [2.75, 3.05) is 17.7 Å². The highest BCUT2D eigenvalue weighted by atomic mass is 19.1. The summed E-state index contributed by atoms with van der Waals surface area (Å²) in [5.41, 5.74) is 3.73. The number of anilines is 2. The number of carboxylic acids is 1. The van der Waals surface area contributed by atoms with Gasteiger partial charge in [-0.1, -0.05) is 19.1 Å². The number of ether oxygens (including phenoxy) is 1. The molecule has 0 aliphatic carbocycles. The second-order valence-corrected chi connectivity index (χ2v) is 8.56. The number of nitrogens with one attached hydrogen (secondary N) is 2. The summed E-state index contributed by atoms with van der Waals surface area (Å²) < 4.78 is 20.7. The van der Waals surface area contributed by atoms with Crippen LogP contribution in [0, 0.1) is 12.7 Å². The molecule has 37 heavy (non-hydrogen) atoms. The van der Waals surface area contributed by atoms with E-state index >= 15 is 0 Å². The summed E-state index contributed by atoms with van der Waals surface area (Å²) in [6, 6.07) is 13.0. The van der Waals surface area contributed by atoms with E-state index in [1.807, 2.05) is 31.2 Å². The molecule has 3 N–H and O–H groups in total. The first kappa shape index (κ1) is 25.6. The molecule has 9 nitrogen and oxygen atoms in total. The number of aryl methyl sites for hydroxylation is 2. The van der Waals surface area contributed by atoms with Gasteiger partial charge in [-0.2, -0.15) is 0 Å². The Labute approximate surface area is 214 Å². The highest BCUT2D eigenvalue weighted by molar-refractivity contribution is 5.79. The molecule has 2 aromatic carbocycles. The fraction of sp³-hybridized carbons (Fsp3) is 0.259. The van der Waals surface area contributed by atoms with E-state index in [1.165, 1.54) is 12.1 Å². The third kappa shape index (κ3) is 6.40. The van der Waals surface area contributed by atoms with Crippen molar-refractivity contribution in [1.29, 1.82) is 0 Å². The van der Waals surface area contributed by atoms with Gasteiger partial charge in [0, 0.05) is 24.4 Å². The van der Waals surface area contributed by atoms with Crippen molar-refractivity contribution in [2.24, 2.45) is 0 Å². The monoisotopic (exact) mass is 504 g/mol. The highest BCUT2D eigenvalue weighted by Gasteiger charge is 2.20. The minimum absolute atomic E-state index is 0.260. The number of aliphatic carboxylic acids is 1. The standard InChI is InChI=1S/C27H29FN6O3/c1-4-19-13-20(28)11-17(2)26(19)32-23(27(35)36)12-18-5-7-21(8-6-18)34-16-31-25(33-34)15-30-24-14-22(37-3)9-10-29-24/h5-11,13-14,16,23,32H,4,12,15H2,1-3H3,(H,29,30)(H,35,36). The number of methoxy groups -OCH3 is 1. The Morgan fingerprint density at radius 1 is 1.16 bits per heavy atom. The van der Waals surface area contributed by atoms with Crippen LogP contribution in [-0.4, -0.2) is 44.0 Å². The first-order valence-corrected chi connectivity index (χ1v) is 11.9. The zero-order valence-electron chi connectivity index (χ0n) is 20.9. The van der Waals surface area contributed by atoms with Crippen molar-refractivity contribution in [3.05, 3.63) is 89.4 Å². The van der Waals surface area contributed by atoms with E-state index in [0.717, 1.165) is 16.8 Å². The van der Waals surface area contributed by atoms with E-state index in [0.29, 0.717) is 41.6 Å². The molecule has 2 heterocycles. The Morgan fingerprint density at radius 3 is 2.65 bits per heavy atom. The third-order valence-electron chi connectivity index (χ3n) is 5.95. The van der Waals surface area contributed by atoms with Gasteiger partial charge in [0.1, 0.15) is 29.8 Å². The molecule has 0 fully saturated rings. The molecule has 1 atom stereocenters. The van der Waals surface area contributed by atoms with Crippen LogP contribution in [0.3, 0.4) is 0 Å². The molecule has 1 unspecified atom stereocenters. The molecule has 0 saturated carbocycles. The molecule has 0 amide bonds. The summed E-state index contributed by atoms with van der Waals surface area (Å²) in [5, 5.41) is 20.6. The van der Waals surface area contributed by atoms with E-state index in [1.54, 1.807) is 43.4 Å². The Kier molecular flexibility index (Phi) is 7.97. The van der Waals surface area contributed by atoms with Crippen molar-refractivity contribution in [3.8, 4) is 11.4 Å². The van der Waals surface area contributed by atoms with Gasteiger partial charge < -0.3 is 20.5 Å². The minimum Gasteiger partial charge on any atom is -0.497 e. The van der Waals surface area contributed by atoms with Crippen molar-refractivity contribution in [3.63, 3.8) is 0 Å². The second-order valence-electron chi connectivity index (χ2n) is 8.56. The molecule has 0 spiro atoms. The summed E-state index contributed by atoms with van der Waals surface area (Å²) in [7, 11) is 1.60. The van der Waals surface area contributed by atoms with Gasteiger partial charge in [0.05, 0.1) is 19.3 Å². The van der Waals surface area contributed by atoms with E-state index in [4.69, 9.17) is 4.74 Å². The predicted molar refractivity (Wildman–Crippen MR) is 139 cm³/mol. The van der Waals surface area contributed by atoms with E-state index in [-0.39, 0.29) is 12.2 Å². The average Bonchev–Trinajstić information content (AvgIpc) is 3.37. The van der Waals surface area contributed by atoms with Crippen LogP contribution < -0.4 is 15.4 Å². The quantitative estimate of drug-likeness (QED) is 0.275. The van der Waals surface area contributed by atoms with Gasteiger partial charge in [0.25, 0.3) is 0 Å². The Bertz CT molecular complexity index is 1370. The van der Waals surface area contributed by atoms with Gasteiger partial charge in [-0.05, 0) is 60.4 Å². The van der Waals surface area contributed by atoms with Crippen LogP contribution in [0.15, 0.2) is 61.1 Å². The number of pyridine rings is 1. The van der Waals surface area contributed by atoms with Crippen LogP contribution in [0.2, 0.25) is 0 Å². The lowest BCUT2D eigenvalue weighted by atomic mass is 10.0. The number of carboxylic acid groups (broad SMARTS) is 1. The highest BCUT2D eigenvalue weighted by Crippen LogP contribution is 2.25. The molecular weight excluding hydrogens is 475 g/mol. The molecule has 0 aliphatic heterocycles. The molecule has 4 aromatic rings. The average molecular weight is 505 g/mol. The normalized spacial score (nSPS) is 11.7. The first-order valence-electron chi connectivity index (χ1n) is 11.9. The molecule has 0 radical (unpaired) electrons. The molecule has 0 bridgehead atoms. The topological polar surface area (TPSA) is 114 Å². The van der Waals surface area contributed by atoms with Crippen molar-refractivity contribution >= 4 is 17.5 Å². The smallest absolute Gasteiger partial charge is 0.326 e. The molecule has 0 saturated heterocycles. The second kappa shape index (κ2) is 11.5. The van der Waals surface area contributed by atoms with Crippen molar-refractivity contribution < 1.29 is 19.0 Å². The van der Waals surface area contributed by atoms with Gasteiger partial charge in [-0.15, -0.1) is 5.10 Å². The zero-order valence-corrected chi connectivity index (χ0v) is 20.9. The lowest BCUT2D eigenvalue weighted by molar-refractivity contribution is -0.137. The van der Waals surface area contributed by atoms with Crippen LogP contribution in [0.5, 0.6) is 5.75 Å². The number of rotatable bonds is 11. The van der Waals surface area contributed by atoms with Crippen LogP contribution in [0.1, 0.15) is 29.4 Å². The molecule has 10 heteroatoms. The van der Waals surface area contributed by atoms with Gasteiger partial charge >= 0.3 is 5.97 Å². The van der Waals surface area contributed by atoms with Gasteiger partial charge in [0.15, 0.2) is 5.82 Å². The zero-order chi connectivity index (χ0) is 26.4. The Hall–Kier alpha value is -4.47. The molecule has 4 rings (SSSR count). The van der Waals surface area contributed by atoms with Crippen LogP contribution in [0.4, 0.5) is 15.9 Å². The SMILES string of the molecule is CCc1cc(F)cc(C)c1NC(Cc1ccc(-n2cnc(CNc3cc(OC)ccn3)n2)cc1)C(=O)O. The molecule has 2 aromatic heterocycles. The van der Waals surface area contributed by atoms with Crippen molar-refractivity contribution in [1.82, 2.24) is 19.7 Å². The van der Waals surface area contributed by atoms with Gasteiger partial charge in [-0.3, -0.25) is 0 Å². The van der Waals surface area contributed by atoms with E-state index < -0.39 is 12.0 Å². The summed E-state index contributed by atoms with van der Waals surface area (Å²) in [5.74, 6) is 0.643. The number of hydrogen-bond donors (Lipinski definition) is 3. The van der Waals surface area contributed by atoms with Crippen molar-refractivity contribution in [2.45, 2.75) is 39.3 Å². The lowest BCUT2D eigenvalue weighted by Crippen LogP contribution is -2.32. The minimum atomic E-state index is -0.978. The number of nitrogens with zero attached hydrogens (tertiary/aromatic N) is 4. The van der Waals surface area contributed by atoms with Crippen LogP contribution in [-0.2, 0) is 24.2 Å². The number of aromatic nitrogens is 4. The molecule has 0 aliphatic rings. The Morgan fingerprint density at radius 2 is 1.95 bits per heavy atom. The predicted octanol–water partition coefficient (Wildman–Crippen LogP) is 4.40. The van der Waals surface area contributed by atoms with Crippen LogP contribution >= 0.6 is 0 Å². The fourth-order valence-electron chi connectivity index (χ4n) is 4.00. The first-order chi connectivity index (χ1) is 17.9. The maximum Gasteiger partial charge on any atom is 0.326 e. The fourth-order valence-corrected chi connectivity index (χ4v) is 4.00. The van der Waals surface area contributed by atoms with Crippen LogP contribution in [0.25, 0.3) is 5.69 Å². The maximum absolute atomic E-state index is 13.8. The maximum atomic E-state index is 13.8. The largest absolute Gasteiger partial charge is 0.497 e. The number of hydrogen-bond acceptors (Lipinski definition) is 7. The lowest BCUT2D eigenvalue weighted by Gasteiger charge is -2.20. The number of benzene rings is 2. The Balaban J connectivity index is 1.41. The summed E-state index contributed by atoms with van der Waals surface area (Å²) in [4.78, 5) is 20.6. The summed E-state index contributed by atoms with van der Waals surface area (Å²) in [6.07, 6.45) is 4.13. The van der Waals surface area contributed by atoms with Gasteiger partial charge in [-0.25, -0.2) is 23.8 Å². The number of carbonyl (C=O) groups is 1. The van der Waals surface area contributed by atoms with Gasteiger partial charge in [0.2, 0.25) is 0 Å². The molecular formula is C27H29FN6O3. The molecule has 192 valence electrons. The number of halogens is 1. The van der Waals surface area contributed by atoms with E-state index in [9.17, 15) is 14.3 Å². The summed E-state index contributed by atoms with van der Waals surface area (Å²) in [6.45, 7) is 4.07. The third-order valence-corrected chi connectivity index (χ3v) is 5.95. The van der Waals surface area contributed by atoms with E-state index in [2.05, 4.69) is 25.7 Å². The summed E-state index contributed by atoms with van der Waals surface area (Å²) >= 11 is 0.